The summed E-state index contributed by atoms with van der Waals surface area (Å²) in [5, 5.41) is 2.38. The van der Waals surface area contributed by atoms with Crippen molar-refractivity contribution in [1.82, 2.24) is 0 Å². The van der Waals surface area contributed by atoms with Crippen LogP contribution in [0.3, 0.4) is 0 Å². The van der Waals surface area contributed by atoms with Crippen molar-refractivity contribution in [3.63, 3.8) is 0 Å². The summed E-state index contributed by atoms with van der Waals surface area (Å²) in [7, 11) is 0. The molecule has 2 heteroatoms. The Morgan fingerprint density at radius 3 is 2.42 bits per heavy atom. The molecule has 1 fully saturated rings. The van der Waals surface area contributed by atoms with Crippen molar-refractivity contribution in [2.75, 3.05) is 0 Å². The summed E-state index contributed by atoms with van der Waals surface area (Å²) in [5.74, 6) is 2.14. The summed E-state index contributed by atoms with van der Waals surface area (Å²) in [4.78, 5) is 11.6. The molecule has 0 atom stereocenters. The second kappa shape index (κ2) is 7.83. The number of hydrogen-bond donors (Lipinski definition) is 0. The molecule has 1 aliphatic rings. The smallest absolute Gasteiger partial charge is 0.311 e. The van der Waals surface area contributed by atoms with Crippen molar-refractivity contribution in [3.8, 4) is 5.75 Å². The lowest BCUT2D eigenvalue weighted by atomic mass is 9.77. The summed E-state index contributed by atoms with van der Waals surface area (Å²) in [6, 6.07) is 12.7. The summed E-state index contributed by atoms with van der Waals surface area (Å²) < 4.78 is 5.39. The van der Waals surface area contributed by atoms with Gasteiger partial charge in [-0.2, -0.15) is 0 Å². The van der Waals surface area contributed by atoms with Crippen LogP contribution < -0.4 is 4.74 Å². The van der Waals surface area contributed by atoms with Crippen molar-refractivity contribution < 1.29 is 9.53 Å². The molecule has 0 radical (unpaired) electrons. The highest BCUT2D eigenvalue weighted by Crippen LogP contribution is 2.38. The molecule has 128 valence electrons. The quantitative estimate of drug-likeness (QED) is 0.481. The second-order valence-corrected chi connectivity index (χ2v) is 7.12. The van der Waals surface area contributed by atoms with E-state index in [2.05, 4.69) is 31.2 Å². The van der Waals surface area contributed by atoms with Crippen LogP contribution >= 0.6 is 0 Å². The Balaban J connectivity index is 1.74. The molecule has 0 unspecified atom stereocenters. The molecule has 0 saturated heterocycles. The van der Waals surface area contributed by atoms with Crippen LogP contribution in [0.15, 0.2) is 36.4 Å². The maximum absolute atomic E-state index is 11.6. The Labute approximate surface area is 145 Å². The number of carbonyl (C=O) groups is 1. The van der Waals surface area contributed by atoms with E-state index in [0.717, 1.165) is 17.7 Å². The molecule has 0 heterocycles. The second-order valence-electron chi connectivity index (χ2n) is 7.12. The molecule has 0 bridgehead atoms. The number of carbonyl (C=O) groups excluding carboxylic acids is 1. The zero-order chi connectivity index (χ0) is 16.9. The number of benzene rings is 2. The van der Waals surface area contributed by atoms with Gasteiger partial charge in [-0.3, -0.25) is 4.79 Å². The highest BCUT2D eigenvalue weighted by atomic mass is 16.5. The maximum atomic E-state index is 11.6. The summed E-state index contributed by atoms with van der Waals surface area (Å²) in [5.41, 5.74) is 1.47. The van der Waals surface area contributed by atoms with Crippen molar-refractivity contribution in [3.05, 3.63) is 42.0 Å². The van der Waals surface area contributed by atoms with E-state index in [9.17, 15) is 4.79 Å². The predicted octanol–water partition coefficient (Wildman–Crippen LogP) is 6.23. The van der Waals surface area contributed by atoms with Gasteiger partial charge in [0.2, 0.25) is 0 Å². The molecule has 2 aromatic rings. The van der Waals surface area contributed by atoms with Crippen molar-refractivity contribution >= 4 is 16.7 Å². The monoisotopic (exact) mass is 324 g/mol. The van der Waals surface area contributed by atoms with Crippen LogP contribution in [0.2, 0.25) is 0 Å². The summed E-state index contributed by atoms with van der Waals surface area (Å²) in [6.07, 6.45) is 7.97. The zero-order valence-corrected chi connectivity index (χ0v) is 14.9. The van der Waals surface area contributed by atoms with Crippen LogP contribution in [-0.2, 0) is 4.79 Å². The molecular weight excluding hydrogens is 296 g/mol. The number of esters is 1. The van der Waals surface area contributed by atoms with E-state index in [4.69, 9.17) is 4.74 Å². The van der Waals surface area contributed by atoms with Gasteiger partial charge in [-0.25, -0.2) is 0 Å². The van der Waals surface area contributed by atoms with Crippen molar-refractivity contribution in [2.24, 2.45) is 5.92 Å². The first-order chi connectivity index (χ1) is 11.7. The van der Waals surface area contributed by atoms with Crippen molar-refractivity contribution in [2.45, 2.75) is 64.7 Å². The molecule has 0 spiro atoms. The molecule has 2 nitrogen and oxygen atoms in total. The fourth-order valence-electron chi connectivity index (χ4n) is 3.85. The number of rotatable bonds is 5. The predicted molar refractivity (Wildman–Crippen MR) is 99.5 cm³/mol. The third-order valence-corrected chi connectivity index (χ3v) is 5.42. The van der Waals surface area contributed by atoms with Crippen LogP contribution in [0.25, 0.3) is 10.8 Å². The first-order valence-corrected chi connectivity index (χ1v) is 9.44. The van der Waals surface area contributed by atoms with Gasteiger partial charge >= 0.3 is 5.97 Å². The highest BCUT2D eigenvalue weighted by Gasteiger charge is 2.21. The molecular formula is C22H28O2. The Morgan fingerprint density at radius 2 is 1.71 bits per heavy atom. The van der Waals surface area contributed by atoms with Crippen molar-refractivity contribution in [1.29, 1.82) is 0 Å². The summed E-state index contributed by atoms with van der Waals surface area (Å²) in [6.45, 7) is 4.29. The minimum absolute atomic E-state index is 0.152. The third-order valence-electron chi connectivity index (χ3n) is 5.42. The van der Waals surface area contributed by atoms with Crippen LogP contribution in [0, 0.1) is 5.92 Å². The molecule has 0 aromatic heterocycles. The maximum Gasteiger partial charge on any atom is 0.311 e. The average Bonchev–Trinajstić information content (AvgIpc) is 2.61. The topological polar surface area (TPSA) is 26.3 Å². The zero-order valence-electron chi connectivity index (χ0n) is 14.9. The lowest BCUT2D eigenvalue weighted by Crippen LogP contribution is -2.12. The Morgan fingerprint density at radius 1 is 1.00 bits per heavy atom. The average molecular weight is 324 g/mol. The number of hydrogen-bond acceptors (Lipinski definition) is 2. The molecule has 3 rings (SSSR count). The van der Waals surface area contributed by atoms with Gasteiger partial charge in [0.25, 0.3) is 0 Å². The van der Waals surface area contributed by atoms with Gasteiger partial charge in [-0.05, 0) is 72.4 Å². The minimum Gasteiger partial charge on any atom is -0.427 e. The minimum atomic E-state index is -0.152. The van der Waals surface area contributed by atoms with Crippen LogP contribution in [-0.4, -0.2) is 5.97 Å². The fourth-order valence-corrected chi connectivity index (χ4v) is 3.85. The van der Waals surface area contributed by atoms with E-state index in [-0.39, 0.29) is 5.97 Å². The SMILES string of the molecule is CCCC(=O)Oc1ccc2cc(C3CCC(CC)CC3)ccc2c1. The molecule has 0 amide bonds. The number of fused-ring (bicyclic) bond motifs is 1. The molecule has 0 aliphatic heterocycles. The van der Waals surface area contributed by atoms with Gasteiger partial charge < -0.3 is 4.74 Å². The summed E-state index contributed by atoms with van der Waals surface area (Å²) >= 11 is 0. The number of ether oxygens (including phenoxy) is 1. The van der Waals surface area contributed by atoms with E-state index >= 15 is 0 Å². The Hall–Kier alpha value is -1.83. The molecule has 2 aromatic carbocycles. The van der Waals surface area contributed by atoms with E-state index in [1.165, 1.54) is 43.1 Å². The van der Waals surface area contributed by atoms with Crippen LogP contribution in [0.4, 0.5) is 0 Å². The van der Waals surface area contributed by atoms with E-state index in [1.54, 1.807) is 0 Å². The third kappa shape index (κ3) is 3.98. The lowest BCUT2D eigenvalue weighted by molar-refractivity contribution is -0.134. The van der Waals surface area contributed by atoms with Gasteiger partial charge in [0.1, 0.15) is 5.75 Å². The first-order valence-electron chi connectivity index (χ1n) is 9.44. The van der Waals surface area contributed by atoms with E-state index < -0.39 is 0 Å². The van der Waals surface area contributed by atoms with E-state index in [0.29, 0.717) is 18.1 Å². The van der Waals surface area contributed by atoms with Gasteiger partial charge in [-0.1, -0.05) is 44.5 Å². The van der Waals surface area contributed by atoms with Crippen LogP contribution in [0.1, 0.15) is 70.3 Å². The van der Waals surface area contributed by atoms with Gasteiger partial charge in [0, 0.05) is 6.42 Å². The van der Waals surface area contributed by atoms with Crippen LogP contribution in [0.5, 0.6) is 5.75 Å². The Bertz CT molecular complexity index is 696. The van der Waals surface area contributed by atoms with E-state index in [1.807, 2.05) is 19.1 Å². The molecule has 1 aliphatic carbocycles. The standard InChI is InChI=1S/C22H28O2/c1-3-5-22(23)24-21-13-12-19-14-18(10-11-20(19)15-21)17-8-6-16(4-2)7-9-17/h10-17H,3-9H2,1-2H3. The Kier molecular flexibility index (Phi) is 5.55. The van der Waals surface area contributed by atoms with Gasteiger partial charge in [0.15, 0.2) is 0 Å². The molecule has 24 heavy (non-hydrogen) atoms. The highest BCUT2D eigenvalue weighted by molar-refractivity contribution is 5.85. The van der Waals surface area contributed by atoms with Gasteiger partial charge in [0.05, 0.1) is 0 Å². The molecule has 1 saturated carbocycles. The molecule has 0 N–H and O–H groups in total. The largest absolute Gasteiger partial charge is 0.427 e. The lowest BCUT2D eigenvalue weighted by Gasteiger charge is -2.28. The normalized spacial score (nSPS) is 20.9. The fraction of sp³-hybridized carbons (Fsp3) is 0.500. The first kappa shape index (κ1) is 17.0. The van der Waals surface area contributed by atoms with Gasteiger partial charge in [-0.15, -0.1) is 0 Å².